The van der Waals surface area contributed by atoms with E-state index in [-0.39, 0.29) is 0 Å². The third kappa shape index (κ3) is 4.51. The maximum atomic E-state index is 5.95. The van der Waals surface area contributed by atoms with Gasteiger partial charge in [0.05, 0.1) is 6.61 Å². The lowest BCUT2D eigenvalue weighted by Gasteiger charge is -2.27. The summed E-state index contributed by atoms with van der Waals surface area (Å²) in [6.07, 6.45) is 1.10. The molecule has 0 saturated carbocycles. The molecular formula is C16H26N2O. The molecule has 3 nitrogen and oxygen atoms in total. The molecule has 1 saturated heterocycles. The van der Waals surface area contributed by atoms with Crippen LogP contribution in [0.25, 0.3) is 0 Å². The fraction of sp³-hybridized carbons (Fsp3) is 0.625. The molecule has 19 heavy (non-hydrogen) atoms. The van der Waals surface area contributed by atoms with Crippen LogP contribution in [0.2, 0.25) is 0 Å². The van der Waals surface area contributed by atoms with E-state index in [1.54, 1.807) is 0 Å². The number of piperazine rings is 1. The van der Waals surface area contributed by atoms with E-state index in [2.05, 4.69) is 48.3 Å². The Morgan fingerprint density at radius 2 is 1.95 bits per heavy atom. The fourth-order valence-electron chi connectivity index (χ4n) is 2.49. The van der Waals surface area contributed by atoms with Crippen LogP contribution in [-0.2, 0) is 0 Å². The number of rotatable bonds is 6. The number of nitrogens with zero attached hydrogens (tertiary/aromatic N) is 1. The topological polar surface area (TPSA) is 24.5 Å². The normalized spacial score (nSPS) is 16.8. The van der Waals surface area contributed by atoms with Crippen LogP contribution >= 0.6 is 0 Å². The Balaban J connectivity index is 1.73. The summed E-state index contributed by atoms with van der Waals surface area (Å²) in [6, 6.07) is 8.39. The average molecular weight is 262 g/mol. The summed E-state index contributed by atoms with van der Waals surface area (Å²) in [7, 11) is 0. The fourth-order valence-corrected chi connectivity index (χ4v) is 2.49. The number of benzene rings is 1. The minimum atomic E-state index is 0.518. The predicted octanol–water partition coefficient (Wildman–Crippen LogP) is 2.48. The van der Waals surface area contributed by atoms with Gasteiger partial charge in [0.15, 0.2) is 0 Å². The number of nitrogens with one attached hydrogen (secondary N) is 1. The van der Waals surface area contributed by atoms with Gasteiger partial charge < -0.3 is 15.0 Å². The zero-order valence-corrected chi connectivity index (χ0v) is 12.2. The Labute approximate surface area is 116 Å². The van der Waals surface area contributed by atoms with E-state index in [1.807, 2.05) is 0 Å². The van der Waals surface area contributed by atoms with Crippen LogP contribution in [0, 0.1) is 0 Å². The summed E-state index contributed by atoms with van der Waals surface area (Å²) in [5.41, 5.74) is 1.31. The van der Waals surface area contributed by atoms with Gasteiger partial charge in [0, 0.05) is 32.7 Å². The molecule has 0 unspecified atom stereocenters. The minimum absolute atomic E-state index is 0.518. The van der Waals surface area contributed by atoms with Crippen molar-refractivity contribution < 1.29 is 4.74 Å². The first kappa shape index (κ1) is 14.4. The van der Waals surface area contributed by atoms with Crippen molar-refractivity contribution in [1.82, 2.24) is 10.2 Å². The zero-order valence-electron chi connectivity index (χ0n) is 12.2. The summed E-state index contributed by atoms with van der Waals surface area (Å²) < 4.78 is 5.95. The van der Waals surface area contributed by atoms with Crippen molar-refractivity contribution in [2.45, 2.75) is 26.2 Å². The molecule has 1 aromatic carbocycles. The molecule has 1 heterocycles. The Hall–Kier alpha value is -1.06. The van der Waals surface area contributed by atoms with Crippen LogP contribution in [0.3, 0.4) is 0 Å². The lowest BCUT2D eigenvalue weighted by molar-refractivity contribution is 0.213. The highest BCUT2D eigenvalue weighted by atomic mass is 16.5. The first-order valence-corrected chi connectivity index (χ1v) is 7.42. The molecule has 0 radical (unpaired) electrons. The standard InChI is InChI=1S/C16H26N2O/c1-14(2)15-6-3-4-7-16(15)19-13-5-10-18-11-8-17-9-12-18/h3-4,6-7,14,17H,5,8-13H2,1-2H3. The molecular weight excluding hydrogens is 236 g/mol. The molecule has 1 aromatic rings. The summed E-state index contributed by atoms with van der Waals surface area (Å²) >= 11 is 0. The third-order valence-corrected chi connectivity index (χ3v) is 3.63. The monoisotopic (exact) mass is 262 g/mol. The highest BCUT2D eigenvalue weighted by Crippen LogP contribution is 2.25. The zero-order chi connectivity index (χ0) is 13.5. The number of ether oxygens (including phenoxy) is 1. The number of hydrogen-bond acceptors (Lipinski definition) is 3. The van der Waals surface area contributed by atoms with Crippen molar-refractivity contribution in [2.75, 3.05) is 39.3 Å². The highest BCUT2D eigenvalue weighted by molar-refractivity contribution is 5.35. The maximum absolute atomic E-state index is 5.95. The quantitative estimate of drug-likeness (QED) is 0.797. The van der Waals surface area contributed by atoms with E-state index in [9.17, 15) is 0 Å². The highest BCUT2D eigenvalue weighted by Gasteiger charge is 2.09. The van der Waals surface area contributed by atoms with Gasteiger partial charge in [0.1, 0.15) is 5.75 Å². The molecule has 0 amide bonds. The molecule has 1 fully saturated rings. The predicted molar refractivity (Wildman–Crippen MR) is 80.0 cm³/mol. The molecule has 0 atom stereocenters. The van der Waals surface area contributed by atoms with Gasteiger partial charge in [-0.15, -0.1) is 0 Å². The maximum Gasteiger partial charge on any atom is 0.122 e. The second kappa shape index (κ2) is 7.51. The summed E-state index contributed by atoms with van der Waals surface area (Å²) in [4.78, 5) is 2.51. The molecule has 0 spiro atoms. The average Bonchev–Trinajstić information content (AvgIpc) is 2.45. The largest absolute Gasteiger partial charge is 0.493 e. The number of hydrogen-bond donors (Lipinski definition) is 1. The van der Waals surface area contributed by atoms with E-state index in [4.69, 9.17) is 4.74 Å². The van der Waals surface area contributed by atoms with Crippen LogP contribution in [0.15, 0.2) is 24.3 Å². The molecule has 106 valence electrons. The first-order valence-electron chi connectivity index (χ1n) is 7.42. The molecule has 0 aliphatic carbocycles. The van der Waals surface area contributed by atoms with Crippen molar-refractivity contribution in [3.05, 3.63) is 29.8 Å². The van der Waals surface area contributed by atoms with E-state index in [0.717, 1.165) is 38.4 Å². The molecule has 1 aliphatic heterocycles. The van der Waals surface area contributed by atoms with Gasteiger partial charge in [-0.2, -0.15) is 0 Å². The molecule has 3 heteroatoms. The Morgan fingerprint density at radius 3 is 2.68 bits per heavy atom. The van der Waals surface area contributed by atoms with Crippen LogP contribution in [0.4, 0.5) is 0 Å². The number of para-hydroxylation sites is 1. The van der Waals surface area contributed by atoms with Crippen molar-refractivity contribution >= 4 is 0 Å². The summed E-state index contributed by atoms with van der Waals surface area (Å²) in [6.45, 7) is 11.0. The smallest absolute Gasteiger partial charge is 0.122 e. The Bertz CT molecular complexity index is 373. The van der Waals surface area contributed by atoms with Crippen LogP contribution in [0.5, 0.6) is 5.75 Å². The van der Waals surface area contributed by atoms with Crippen LogP contribution in [-0.4, -0.2) is 44.2 Å². The van der Waals surface area contributed by atoms with Crippen molar-refractivity contribution in [3.8, 4) is 5.75 Å². The second-order valence-electron chi connectivity index (χ2n) is 5.49. The SMILES string of the molecule is CC(C)c1ccccc1OCCCN1CCNCC1. The molecule has 2 rings (SSSR count). The Morgan fingerprint density at radius 1 is 1.21 bits per heavy atom. The second-order valence-corrected chi connectivity index (χ2v) is 5.49. The summed E-state index contributed by atoms with van der Waals surface area (Å²) in [5.74, 6) is 1.57. The molecule has 0 aromatic heterocycles. The molecule has 1 N–H and O–H groups in total. The van der Waals surface area contributed by atoms with E-state index < -0.39 is 0 Å². The third-order valence-electron chi connectivity index (χ3n) is 3.63. The minimum Gasteiger partial charge on any atom is -0.493 e. The van der Waals surface area contributed by atoms with E-state index in [1.165, 1.54) is 18.7 Å². The molecule has 0 bridgehead atoms. The van der Waals surface area contributed by atoms with Gasteiger partial charge in [-0.25, -0.2) is 0 Å². The van der Waals surface area contributed by atoms with Crippen LogP contribution < -0.4 is 10.1 Å². The van der Waals surface area contributed by atoms with Crippen molar-refractivity contribution in [3.63, 3.8) is 0 Å². The van der Waals surface area contributed by atoms with Crippen molar-refractivity contribution in [1.29, 1.82) is 0 Å². The lowest BCUT2D eigenvalue weighted by atomic mass is 10.0. The lowest BCUT2D eigenvalue weighted by Crippen LogP contribution is -2.43. The van der Waals surface area contributed by atoms with Gasteiger partial charge in [0.25, 0.3) is 0 Å². The van der Waals surface area contributed by atoms with Crippen molar-refractivity contribution in [2.24, 2.45) is 0 Å². The van der Waals surface area contributed by atoms with E-state index >= 15 is 0 Å². The summed E-state index contributed by atoms with van der Waals surface area (Å²) in [5, 5.41) is 3.38. The van der Waals surface area contributed by atoms with Gasteiger partial charge in [-0.1, -0.05) is 32.0 Å². The van der Waals surface area contributed by atoms with Gasteiger partial charge in [-0.05, 0) is 24.0 Å². The van der Waals surface area contributed by atoms with Gasteiger partial charge in [0.2, 0.25) is 0 Å². The van der Waals surface area contributed by atoms with E-state index in [0.29, 0.717) is 5.92 Å². The Kier molecular flexibility index (Phi) is 5.67. The first-order chi connectivity index (χ1) is 9.27. The molecule has 1 aliphatic rings. The van der Waals surface area contributed by atoms with Gasteiger partial charge in [-0.3, -0.25) is 0 Å². The van der Waals surface area contributed by atoms with Crippen LogP contribution in [0.1, 0.15) is 31.7 Å². The van der Waals surface area contributed by atoms with Gasteiger partial charge >= 0.3 is 0 Å².